The summed E-state index contributed by atoms with van der Waals surface area (Å²) in [5.41, 5.74) is 5.58. The van der Waals surface area contributed by atoms with Crippen molar-refractivity contribution in [3.63, 3.8) is 0 Å². The Labute approximate surface area is 199 Å². The number of nitrogens with zero attached hydrogens (tertiary/aromatic N) is 3. The quantitative estimate of drug-likeness (QED) is 0.287. The minimum atomic E-state index is 0. The Morgan fingerprint density at radius 2 is 1.84 bits per heavy atom. The van der Waals surface area contributed by atoms with Crippen molar-refractivity contribution in [1.29, 1.82) is 0 Å². The zero-order valence-electron chi connectivity index (χ0n) is 18.0. The van der Waals surface area contributed by atoms with Crippen molar-refractivity contribution in [2.75, 3.05) is 20.4 Å². The summed E-state index contributed by atoms with van der Waals surface area (Å²) in [5.74, 6) is 2.39. The zero-order valence-corrected chi connectivity index (χ0v) is 20.3. The maximum atomic E-state index is 5.44. The zero-order chi connectivity index (χ0) is 20.9. The Kier molecular flexibility index (Phi) is 7.78. The Hall–Kier alpha value is -2.75. The molecule has 1 aliphatic rings. The lowest BCUT2D eigenvalue weighted by Gasteiger charge is -2.12. The molecule has 0 unspecified atom stereocenters. The standard InChI is InChI=1S/C23H27N5O2.HI/c1-16-20(17(2)28(27-16)19-7-5-4-6-8-19)14-26-23(24-3)25-12-11-18-9-10-21-22(13-18)30-15-29-21;/h4-10,13H,11-12,14-15H2,1-3H3,(H2,24,25,26);1H. The summed E-state index contributed by atoms with van der Waals surface area (Å²) in [7, 11) is 1.78. The molecule has 0 saturated carbocycles. The molecule has 1 aromatic heterocycles. The van der Waals surface area contributed by atoms with Crippen molar-refractivity contribution in [2.45, 2.75) is 26.8 Å². The molecule has 3 aromatic rings. The van der Waals surface area contributed by atoms with E-state index in [1.807, 2.05) is 41.9 Å². The summed E-state index contributed by atoms with van der Waals surface area (Å²) < 4.78 is 12.8. The first-order valence-corrected chi connectivity index (χ1v) is 10.1. The fourth-order valence-electron chi connectivity index (χ4n) is 3.57. The van der Waals surface area contributed by atoms with E-state index in [1.54, 1.807) is 7.05 Å². The third-order valence-corrected chi connectivity index (χ3v) is 5.24. The Balaban J connectivity index is 0.00000272. The molecule has 0 amide bonds. The van der Waals surface area contributed by atoms with E-state index in [1.165, 1.54) is 11.1 Å². The van der Waals surface area contributed by atoms with Crippen LogP contribution in [-0.2, 0) is 13.0 Å². The molecule has 1 aliphatic heterocycles. The van der Waals surface area contributed by atoms with Gasteiger partial charge in [-0.25, -0.2) is 4.68 Å². The lowest BCUT2D eigenvalue weighted by molar-refractivity contribution is 0.174. The molecule has 0 aliphatic carbocycles. The monoisotopic (exact) mass is 533 g/mol. The topological polar surface area (TPSA) is 72.7 Å². The number of ether oxygens (including phenoxy) is 2. The van der Waals surface area contributed by atoms with Crippen molar-refractivity contribution in [3.8, 4) is 17.2 Å². The van der Waals surface area contributed by atoms with Crippen LogP contribution in [0, 0.1) is 13.8 Å². The molecule has 7 nitrogen and oxygen atoms in total. The van der Waals surface area contributed by atoms with Gasteiger partial charge in [0.25, 0.3) is 0 Å². The molecular formula is C23H28IN5O2. The van der Waals surface area contributed by atoms with Gasteiger partial charge in [-0.2, -0.15) is 5.10 Å². The SMILES string of the molecule is CN=C(NCCc1ccc2c(c1)OCO2)NCc1c(C)nn(-c2ccccc2)c1C.I. The molecule has 31 heavy (non-hydrogen) atoms. The number of aryl methyl sites for hydroxylation is 1. The molecule has 2 N–H and O–H groups in total. The van der Waals surface area contributed by atoms with Gasteiger partial charge in [0.05, 0.1) is 11.4 Å². The lowest BCUT2D eigenvalue weighted by atomic mass is 10.1. The third kappa shape index (κ3) is 5.30. The van der Waals surface area contributed by atoms with E-state index >= 15 is 0 Å². The maximum Gasteiger partial charge on any atom is 0.231 e. The Morgan fingerprint density at radius 1 is 1.06 bits per heavy atom. The minimum absolute atomic E-state index is 0. The van der Waals surface area contributed by atoms with Gasteiger partial charge in [0.2, 0.25) is 6.79 Å². The number of aliphatic imine (C=N–C) groups is 1. The summed E-state index contributed by atoms with van der Waals surface area (Å²) in [5, 5.41) is 11.5. The largest absolute Gasteiger partial charge is 0.454 e. The summed E-state index contributed by atoms with van der Waals surface area (Å²) in [6, 6.07) is 16.2. The minimum Gasteiger partial charge on any atom is -0.454 e. The van der Waals surface area contributed by atoms with Gasteiger partial charge in [0.1, 0.15) is 0 Å². The summed E-state index contributed by atoms with van der Waals surface area (Å²) in [6.45, 7) is 5.86. The number of benzene rings is 2. The number of hydrogen-bond acceptors (Lipinski definition) is 4. The summed E-state index contributed by atoms with van der Waals surface area (Å²) in [6.07, 6.45) is 0.862. The predicted octanol–water partition coefficient (Wildman–Crippen LogP) is 3.74. The van der Waals surface area contributed by atoms with Crippen molar-refractivity contribution in [2.24, 2.45) is 4.99 Å². The number of rotatable bonds is 6. The maximum absolute atomic E-state index is 5.44. The molecule has 2 aromatic carbocycles. The average Bonchev–Trinajstić information content (AvgIpc) is 3.35. The molecule has 0 bridgehead atoms. The molecule has 4 rings (SSSR count). The predicted molar refractivity (Wildman–Crippen MR) is 133 cm³/mol. The number of aromatic nitrogens is 2. The van der Waals surface area contributed by atoms with Crippen LogP contribution in [0.25, 0.3) is 5.69 Å². The fraction of sp³-hybridized carbons (Fsp3) is 0.304. The molecule has 2 heterocycles. The van der Waals surface area contributed by atoms with Crippen LogP contribution in [0.4, 0.5) is 0 Å². The molecule has 0 saturated heterocycles. The first kappa shape index (κ1) is 22.9. The number of hydrogen-bond donors (Lipinski definition) is 2. The highest BCUT2D eigenvalue weighted by atomic mass is 127. The van der Waals surface area contributed by atoms with Crippen LogP contribution in [0.3, 0.4) is 0 Å². The third-order valence-electron chi connectivity index (χ3n) is 5.24. The van der Waals surface area contributed by atoms with Gasteiger partial charge in [-0.05, 0) is 50.1 Å². The second-order valence-electron chi connectivity index (χ2n) is 7.19. The van der Waals surface area contributed by atoms with E-state index in [2.05, 4.69) is 40.7 Å². The first-order chi connectivity index (χ1) is 14.7. The Bertz CT molecular complexity index is 1050. The van der Waals surface area contributed by atoms with Crippen molar-refractivity contribution < 1.29 is 9.47 Å². The first-order valence-electron chi connectivity index (χ1n) is 10.1. The number of nitrogens with one attached hydrogen (secondary N) is 2. The molecule has 0 atom stereocenters. The normalized spacial score (nSPS) is 12.4. The van der Waals surface area contributed by atoms with Crippen LogP contribution >= 0.6 is 24.0 Å². The molecule has 8 heteroatoms. The van der Waals surface area contributed by atoms with Gasteiger partial charge >= 0.3 is 0 Å². The number of guanidine groups is 1. The molecule has 0 spiro atoms. The van der Waals surface area contributed by atoms with Gasteiger partial charge in [0.15, 0.2) is 17.5 Å². The van der Waals surface area contributed by atoms with E-state index in [-0.39, 0.29) is 24.0 Å². The van der Waals surface area contributed by atoms with Crippen molar-refractivity contribution in [1.82, 2.24) is 20.4 Å². The molecule has 0 radical (unpaired) electrons. The second kappa shape index (κ2) is 10.5. The van der Waals surface area contributed by atoms with E-state index in [0.717, 1.165) is 47.5 Å². The van der Waals surface area contributed by atoms with Crippen LogP contribution < -0.4 is 20.1 Å². The van der Waals surface area contributed by atoms with Gasteiger partial charge in [-0.1, -0.05) is 24.3 Å². The van der Waals surface area contributed by atoms with E-state index in [9.17, 15) is 0 Å². The highest BCUT2D eigenvalue weighted by Crippen LogP contribution is 2.32. The van der Waals surface area contributed by atoms with Crippen LogP contribution in [0.1, 0.15) is 22.5 Å². The van der Waals surface area contributed by atoms with Crippen LogP contribution in [0.2, 0.25) is 0 Å². The van der Waals surface area contributed by atoms with Crippen molar-refractivity contribution >= 4 is 29.9 Å². The van der Waals surface area contributed by atoms with Gasteiger partial charge in [-0.3, -0.25) is 4.99 Å². The van der Waals surface area contributed by atoms with E-state index < -0.39 is 0 Å². The van der Waals surface area contributed by atoms with Crippen molar-refractivity contribution in [3.05, 3.63) is 71.0 Å². The lowest BCUT2D eigenvalue weighted by Crippen LogP contribution is -2.38. The van der Waals surface area contributed by atoms with Gasteiger partial charge in [0, 0.05) is 31.4 Å². The van der Waals surface area contributed by atoms with Crippen LogP contribution in [-0.4, -0.2) is 36.1 Å². The fourth-order valence-corrected chi connectivity index (χ4v) is 3.57. The van der Waals surface area contributed by atoms with Crippen LogP contribution in [0.5, 0.6) is 11.5 Å². The average molecular weight is 533 g/mol. The van der Waals surface area contributed by atoms with Gasteiger partial charge < -0.3 is 20.1 Å². The molecule has 164 valence electrons. The second-order valence-corrected chi connectivity index (χ2v) is 7.19. The van der Waals surface area contributed by atoms with Crippen LogP contribution in [0.15, 0.2) is 53.5 Å². The number of halogens is 1. The highest BCUT2D eigenvalue weighted by molar-refractivity contribution is 14.0. The number of para-hydroxylation sites is 1. The molecular weight excluding hydrogens is 505 g/mol. The Morgan fingerprint density at radius 3 is 2.61 bits per heavy atom. The molecule has 0 fully saturated rings. The van der Waals surface area contributed by atoms with E-state index in [4.69, 9.17) is 14.6 Å². The summed E-state index contributed by atoms with van der Waals surface area (Å²) in [4.78, 5) is 4.34. The number of fused-ring (bicyclic) bond motifs is 1. The summed E-state index contributed by atoms with van der Waals surface area (Å²) >= 11 is 0. The van der Waals surface area contributed by atoms with E-state index in [0.29, 0.717) is 13.3 Å². The highest BCUT2D eigenvalue weighted by Gasteiger charge is 2.14. The van der Waals surface area contributed by atoms with Gasteiger partial charge in [-0.15, -0.1) is 24.0 Å². The smallest absolute Gasteiger partial charge is 0.231 e.